The second kappa shape index (κ2) is 6.19. The van der Waals surface area contributed by atoms with Crippen molar-refractivity contribution in [3.05, 3.63) is 35.5 Å². The van der Waals surface area contributed by atoms with Crippen LogP contribution in [0.1, 0.15) is 42.9 Å². The van der Waals surface area contributed by atoms with E-state index in [4.69, 9.17) is 4.74 Å². The molecule has 122 valence electrons. The number of aromatic nitrogens is 1. The predicted octanol–water partition coefficient (Wildman–Crippen LogP) is 3.50. The molecule has 0 amide bonds. The van der Waals surface area contributed by atoms with E-state index < -0.39 is 11.9 Å². The van der Waals surface area contributed by atoms with Crippen molar-refractivity contribution in [1.82, 2.24) is 4.57 Å². The van der Waals surface area contributed by atoms with Gasteiger partial charge in [-0.05, 0) is 31.4 Å². The second-order valence-corrected chi connectivity index (χ2v) is 6.39. The summed E-state index contributed by atoms with van der Waals surface area (Å²) in [6.07, 6.45) is 3.14. The summed E-state index contributed by atoms with van der Waals surface area (Å²) in [7, 11) is 3.40. The molecule has 1 fully saturated rings. The summed E-state index contributed by atoms with van der Waals surface area (Å²) in [4.78, 5) is 24.9. The largest absolute Gasteiger partial charge is 0.468 e. The van der Waals surface area contributed by atoms with E-state index in [1.54, 1.807) is 0 Å². The van der Waals surface area contributed by atoms with Gasteiger partial charge < -0.3 is 9.30 Å². The third-order valence-electron chi connectivity index (χ3n) is 5.21. The van der Waals surface area contributed by atoms with Crippen LogP contribution in [0.2, 0.25) is 0 Å². The zero-order valence-electron chi connectivity index (χ0n) is 14.0. The maximum Gasteiger partial charge on any atom is 0.316 e. The van der Waals surface area contributed by atoms with E-state index in [9.17, 15) is 9.59 Å². The summed E-state index contributed by atoms with van der Waals surface area (Å²) in [5.74, 6) is -1.14. The quantitative estimate of drug-likeness (QED) is 0.484. The van der Waals surface area contributed by atoms with Crippen molar-refractivity contribution < 1.29 is 14.3 Å². The molecule has 1 saturated carbocycles. The highest BCUT2D eigenvalue weighted by Crippen LogP contribution is 2.41. The van der Waals surface area contributed by atoms with Crippen molar-refractivity contribution in [2.24, 2.45) is 13.0 Å². The van der Waals surface area contributed by atoms with Gasteiger partial charge in [-0.1, -0.05) is 24.6 Å². The zero-order valence-corrected chi connectivity index (χ0v) is 14.0. The molecule has 2 atom stereocenters. The Labute approximate surface area is 136 Å². The molecule has 0 N–H and O–H groups in total. The molecular formula is C19H23NO3. The minimum absolute atomic E-state index is 0.0201. The lowest BCUT2D eigenvalue weighted by atomic mass is 9.80. The lowest BCUT2D eigenvalue weighted by molar-refractivity contribution is -0.150. The summed E-state index contributed by atoms with van der Waals surface area (Å²) in [5.41, 5.74) is 3.40. The normalized spacial score (nSPS) is 22.1. The number of aryl methyl sites for hydroxylation is 1. The van der Waals surface area contributed by atoms with Crippen LogP contribution in [0, 0.1) is 12.8 Å². The van der Waals surface area contributed by atoms with Crippen molar-refractivity contribution in [3.63, 3.8) is 0 Å². The van der Waals surface area contributed by atoms with Gasteiger partial charge in [-0.15, -0.1) is 0 Å². The monoisotopic (exact) mass is 313 g/mol. The first-order valence-electron chi connectivity index (χ1n) is 8.20. The molecule has 0 aliphatic heterocycles. The lowest BCUT2D eigenvalue weighted by Gasteiger charge is -2.23. The number of ketones is 1. The average Bonchev–Trinajstić information content (AvgIpc) is 2.70. The van der Waals surface area contributed by atoms with E-state index in [1.165, 1.54) is 7.11 Å². The van der Waals surface area contributed by atoms with Crippen molar-refractivity contribution in [3.8, 4) is 0 Å². The van der Waals surface area contributed by atoms with Gasteiger partial charge in [0, 0.05) is 36.0 Å². The van der Waals surface area contributed by atoms with Crippen LogP contribution in [-0.4, -0.2) is 23.4 Å². The van der Waals surface area contributed by atoms with E-state index >= 15 is 0 Å². The minimum atomic E-state index is -0.674. The summed E-state index contributed by atoms with van der Waals surface area (Å²) < 4.78 is 7.11. The molecular weight excluding hydrogens is 290 g/mol. The summed E-state index contributed by atoms with van der Waals surface area (Å²) in [6, 6.07) is 8.19. The molecule has 4 heteroatoms. The highest BCUT2D eigenvalue weighted by Gasteiger charge is 2.39. The number of nitrogens with zero attached hydrogens (tertiary/aromatic N) is 1. The summed E-state index contributed by atoms with van der Waals surface area (Å²) >= 11 is 0. The standard InChI is InChI=1S/C19H23NO3/c1-12-17(13-8-4-6-10-15(13)20(12)2)14-9-5-7-11-16(21)18(14)19(22)23-3/h4,6,8,10,14,18H,5,7,9,11H2,1-3H3/t14-,18-/m1/s1. The first-order valence-corrected chi connectivity index (χ1v) is 8.20. The fourth-order valence-electron chi connectivity index (χ4n) is 3.96. The molecule has 0 unspecified atom stereocenters. The minimum Gasteiger partial charge on any atom is -0.468 e. The molecule has 1 heterocycles. The highest BCUT2D eigenvalue weighted by molar-refractivity contribution is 6.01. The van der Waals surface area contributed by atoms with Crippen LogP contribution in [0.4, 0.5) is 0 Å². The molecule has 23 heavy (non-hydrogen) atoms. The maximum absolute atomic E-state index is 12.5. The van der Waals surface area contributed by atoms with Gasteiger partial charge in [-0.2, -0.15) is 0 Å². The van der Waals surface area contributed by atoms with Crippen LogP contribution in [0.3, 0.4) is 0 Å². The van der Waals surface area contributed by atoms with Crippen LogP contribution < -0.4 is 0 Å². The van der Waals surface area contributed by atoms with E-state index in [0.29, 0.717) is 6.42 Å². The number of ether oxygens (including phenoxy) is 1. The number of benzene rings is 1. The zero-order chi connectivity index (χ0) is 16.6. The molecule has 0 saturated heterocycles. The van der Waals surface area contributed by atoms with Crippen LogP contribution in [0.25, 0.3) is 10.9 Å². The van der Waals surface area contributed by atoms with Gasteiger partial charge in [0.2, 0.25) is 0 Å². The molecule has 2 aromatic rings. The van der Waals surface area contributed by atoms with Gasteiger partial charge in [0.25, 0.3) is 0 Å². The molecule has 1 aliphatic rings. The van der Waals surface area contributed by atoms with Crippen LogP contribution >= 0.6 is 0 Å². The first-order chi connectivity index (χ1) is 11.1. The highest BCUT2D eigenvalue weighted by atomic mass is 16.5. The third kappa shape index (κ3) is 2.56. The van der Waals surface area contributed by atoms with Gasteiger partial charge in [0.05, 0.1) is 7.11 Å². The van der Waals surface area contributed by atoms with Gasteiger partial charge >= 0.3 is 5.97 Å². The number of para-hydroxylation sites is 1. The van der Waals surface area contributed by atoms with Crippen LogP contribution in [0.5, 0.6) is 0 Å². The fourth-order valence-corrected chi connectivity index (χ4v) is 3.96. The van der Waals surface area contributed by atoms with Gasteiger partial charge in [-0.25, -0.2) is 0 Å². The Balaban J connectivity index is 2.20. The van der Waals surface area contributed by atoms with E-state index in [-0.39, 0.29) is 11.7 Å². The SMILES string of the molecule is COC(=O)[C@H]1C(=O)CCCC[C@@H]1c1c(C)n(C)c2ccccc12. The van der Waals surface area contributed by atoms with Crippen LogP contribution in [0.15, 0.2) is 24.3 Å². The van der Waals surface area contributed by atoms with Gasteiger partial charge in [-0.3, -0.25) is 9.59 Å². The van der Waals surface area contributed by atoms with E-state index in [2.05, 4.69) is 23.6 Å². The number of carbonyl (C=O) groups excluding carboxylic acids is 2. The number of hydrogen-bond acceptors (Lipinski definition) is 3. The Morgan fingerprint density at radius 1 is 1.26 bits per heavy atom. The van der Waals surface area contributed by atoms with Crippen molar-refractivity contribution >= 4 is 22.7 Å². The lowest BCUT2D eigenvalue weighted by Crippen LogP contribution is -2.30. The van der Waals surface area contributed by atoms with Crippen molar-refractivity contribution in [2.45, 2.75) is 38.5 Å². The molecule has 0 bridgehead atoms. The summed E-state index contributed by atoms with van der Waals surface area (Å²) in [6.45, 7) is 2.07. The Bertz CT molecular complexity index is 759. The molecule has 1 aromatic heterocycles. The smallest absolute Gasteiger partial charge is 0.316 e. The Kier molecular flexibility index (Phi) is 4.24. The number of fused-ring (bicyclic) bond motifs is 1. The predicted molar refractivity (Wildman–Crippen MR) is 89.4 cm³/mol. The van der Waals surface area contributed by atoms with E-state index in [0.717, 1.165) is 41.4 Å². The van der Waals surface area contributed by atoms with Crippen molar-refractivity contribution in [1.29, 1.82) is 0 Å². The molecule has 1 aromatic carbocycles. The number of carbonyl (C=O) groups is 2. The number of esters is 1. The fraction of sp³-hybridized carbons (Fsp3) is 0.474. The second-order valence-electron chi connectivity index (χ2n) is 6.39. The third-order valence-corrected chi connectivity index (χ3v) is 5.21. The number of rotatable bonds is 2. The van der Waals surface area contributed by atoms with Gasteiger partial charge in [0.1, 0.15) is 11.7 Å². The summed E-state index contributed by atoms with van der Waals surface area (Å²) in [5, 5.41) is 1.14. The topological polar surface area (TPSA) is 48.3 Å². The average molecular weight is 313 g/mol. The number of hydrogen-bond donors (Lipinski definition) is 0. The van der Waals surface area contributed by atoms with Crippen LogP contribution in [-0.2, 0) is 21.4 Å². The Hall–Kier alpha value is -2.10. The molecule has 4 nitrogen and oxygen atoms in total. The molecule has 3 rings (SSSR count). The first kappa shape index (κ1) is 15.8. The number of methoxy groups -OCH3 is 1. The Morgan fingerprint density at radius 2 is 2.00 bits per heavy atom. The molecule has 0 radical (unpaired) electrons. The Morgan fingerprint density at radius 3 is 2.74 bits per heavy atom. The van der Waals surface area contributed by atoms with Crippen molar-refractivity contribution in [2.75, 3.05) is 7.11 Å². The van der Waals surface area contributed by atoms with E-state index in [1.807, 2.05) is 19.2 Å². The maximum atomic E-state index is 12.5. The van der Waals surface area contributed by atoms with Gasteiger partial charge in [0.15, 0.2) is 0 Å². The number of Topliss-reactive ketones (excluding diaryl/α,β-unsaturated/α-hetero) is 1. The molecule has 0 spiro atoms. The molecule has 1 aliphatic carbocycles.